The average Bonchev–Trinajstić information content (AvgIpc) is 2.19. The van der Waals surface area contributed by atoms with Gasteiger partial charge in [-0.25, -0.2) is 0 Å². The van der Waals surface area contributed by atoms with Crippen molar-refractivity contribution in [3.8, 4) is 5.75 Å². The maximum Gasteiger partial charge on any atom is 0.119 e. The minimum atomic E-state index is 0.565. The van der Waals surface area contributed by atoms with Crippen molar-refractivity contribution in [2.75, 3.05) is 11.9 Å². The summed E-state index contributed by atoms with van der Waals surface area (Å²) in [6.45, 7) is 1.31. The Labute approximate surface area is 87.2 Å². The van der Waals surface area contributed by atoms with Crippen molar-refractivity contribution in [3.63, 3.8) is 0 Å². The van der Waals surface area contributed by atoms with Crippen molar-refractivity contribution in [3.05, 3.63) is 29.8 Å². The van der Waals surface area contributed by atoms with Crippen LogP contribution >= 0.6 is 15.9 Å². The minimum absolute atomic E-state index is 0.565. The van der Waals surface area contributed by atoms with E-state index in [0.29, 0.717) is 6.54 Å². The number of hydrogen-bond donors (Lipinski definition) is 1. The van der Waals surface area contributed by atoms with E-state index in [9.17, 15) is 0 Å². The van der Waals surface area contributed by atoms with Gasteiger partial charge in [0.25, 0.3) is 0 Å². The molecule has 0 unspecified atom stereocenters. The molecular weight excluding hydrogens is 230 g/mol. The summed E-state index contributed by atoms with van der Waals surface area (Å²) in [5.41, 5.74) is 6.62. The summed E-state index contributed by atoms with van der Waals surface area (Å²) in [7, 11) is 0. The Kier molecular flexibility index (Phi) is 4.86. The number of nitrogens with two attached hydrogens (primary N) is 1. The van der Waals surface area contributed by atoms with Crippen LogP contribution in [0.15, 0.2) is 24.3 Å². The fraction of sp³-hybridized carbons (Fsp3) is 0.400. The number of rotatable bonds is 5. The number of hydrogen-bond acceptors (Lipinski definition) is 2. The Hall–Kier alpha value is -0.540. The van der Waals surface area contributed by atoms with E-state index in [0.717, 1.165) is 29.7 Å². The number of benzene rings is 1. The average molecular weight is 244 g/mol. The highest BCUT2D eigenvalue weighted by atomic mass is 79.9. The van der Waals surface area contributed by atoms with Gasteiger partial charge < -0.3 is 10.5 Å². The van der Waals surface area contributed by atoms with Gasteiger partial charge in [0.2, 0.25) is 0 Å². The Morgan fingerprint density at radius 3 is 2.92 bits per heavy atom. The molecule has 0 heterocycles. The molecule has 1 aromatic rings. The van der Waals surface area contributed by atoms with E-state index >= 15 is 0 Å². The Balaban J connectivity index is 2.46. The molecule has 0 saturated carbocycles. The van der Waals surface area contributed by atoms with Gasteiger partial charge >= 0.3 is 0 Å². The van der Waals surface area contributed by atoms with Crippen LogP contribution < -0.4 is 10.5 Å². The first-order valence-corrected chi connectivity index (χ1v) is 5.46. The molecular formula is C10H14BrNO. The van der Waals surface area contributed by atoms with E-state index < -0.39 is 0 Å². The first kappa shape index (κ1) is 10.5. The van der Waals surface area contributed by atoms with E-state index in [1.165, 1.54) is 0 Å². The SMILES string of the molecule is NCc1cccc(OCCCBr)c1. The summed E-state index contributed by atoms with van der Waals surface area (Å²) < 4.78 is 5.50. The van der Waals surface area contributed by atoms with E-state index in [-0.39, 0.29) is 0 Å². The molecule has 0 spiro atoms. The van der Waals surface area contributed by atoms with E-state index in [1.807, 2.05) is 24.3 Å². The molecule has 0 aliphatic rings. The standard InChI is InChI=1S/C10H14BrNO/c11-5-2-6-13-10-4-1-3-9(7-10)8-12/h1,3-4,7H,2,5-6,8,12H2. The van der Waals surface area contributed by atoms with Gasteiger partial charge in [0.1, 0.15) is 5.75 Å². The zero-order chi connectivity index (χ0) is 9.52. The number of ether oxygens (including phenoxy) is 1. The molecule has 0 fully saturated rings. The van der Waals surface area contributed by atoms with E-state index in [2.05, 4.69) is 15.9 Å². The fourth-order valence-corrected chi connectivity index (χ4v) is 1.24. The molecule has 0 aromatic heterocycles. The van der Waals surface area contributed by atoms with Crippen LogP contribution in [0.25, 0.3) is 0 Å². The largest absolute Gasteiger partial charge is 0.494 e. The lowest BCUT2D eigenvalue weighted by Gasteiger charge is -2.05. The molecule has 0 aliphatic heterocycles. The van der Waals surface area contributed by atoms with Gasteiger partial charge in [-0.15, -0.1) is 0 Å². The molecule has 2 nitrogen and oxygen atoms in total. The van der Waals surface area contributed by atoms with E-state index in [4.69, 9.17) is 10.5 Å². The highest BCUT2D eigenvalue weighted by molar-refractivity contribution is 9.09. The minimum Gasteiger partial charge on any atom is -0.494 e. The first-order valence-electron chi connectivity index (χ1n) is 4.34. The van der Waals surface area contributed by atoms with Gasteiger partial charge in [-0.05, 0) is 24.1 Å². The van der Waals surface area contributed by atoms with Gasteiger partial charge in [0.15, 0.2) is 0 Å². The van der Waals surface area contributed by atoms with Crippen LogP contribution in [-0.2, 0) is 6.54 Å². The van der Waals surface area contributed by atoms with Crippen LogP contribution in [0.1, 0.15) is 12.0 Å². The second kappa shape index (κ2) is 6.00. The summed E-state index contributed by atoms with van der Waals surface area (Å²) in [5, 5.41) is 0.976. The molecule has 0 bridgehead atoms. The van der Waals surface area contributed by atoms with Crippen LogP contribution in [0, 0.1) is 0 Å². The second-order valence-electron chi connectivity index (χ2n) is 2.74. The maximum atomic E-state index is 5.51. The predicted molar refractivity (Wildman–Crippen MR) is 58.2 cm³/mol. The van der Waals surface area contributed by atoms with Crippen molar-refractivity contribution < 1.29 is 4.74 Å². The summed E-state index contributed by atoms with van der Waals surface area (Å²) in [6.07, 6.45) is 1.02. The molecule has 0 radical (unpaired) electrons. The van der Waals surface area contributed by atoms with Gasteiger partial charge in [-0.2, -0.15) is 0 Å². The normalized spacial score (nSPS) is 10.0. The molecule has 1 aromatic carbocycles. The summed E-state index contributed by atoms with van der Waals surface area (Å²) in [4.78, 5) is 0. The van der Waals surface area contributed by atoms with Gasteiger partial charge in [0, 0.05) is 11.9 Å². The third-order valence-corrected chi connectivity index (χ3v) is 2.24. The van der Waals surface area contributed by atoms with Crippen molar-refractivity contribution in [2.45, 2.75) is 13.0 Å². The van der Waals surface area contributed by atoms with Gasteiger partial charge in [0.05, 0.1) is 6.61 Å². The van der Waals surface area contributed by atoms with Gasteiger partial charge in [-0.3, -0.25) is 0 Å². The maximum absolute atomic E-state index is 5.51. The van der Waals surface area contributed by atoms with Crippen molar-refractivity contribution in [1.82, 2.24) is 0 Å². The fourth-order valence-electron chi connectivity index (χ4n) is 1.01. The predicted octanol–water partition coefficient (Wildman–Crippen LogP) is 2.31. The molecule has 0 aliphatic carbocycles. The highest BCUT2D eigenvalue weighted by Gasteiger charge is 1.94. The van der Waals surface area contributed by atoms with Crippen LogP contribution in [0.4, 0.5) is 0 Å². The monoisotopic (exact) mass is 243 g/mol. The molecule has 72 valence electrons. The summed E-state index contributed by atoms with van der Waals surface area (Å²) in [5.74, 6) is 0.906. The third kappa shape index (κ3) is 3.79. The van der Waals surface area contributed by atoms with Crippen LogP contribution in [-0.4, -0.2) is 11.9 Å². The van der Waals surface area contributed by atoms with Crippen molar-refractivity contribution in [1.29, 1.82) is 0 Å². The van der Waals surface area contributed by atoms with Crippen molar-refractivity contribution >= 4 is 15.9 Å². The molecule has 0 atom stereocenters. The summed E-state index contributed by atoms with van der Waals surface area (Å²) >= 11 is 3.35. The smallest absolute Gasteiger partial charge is 0.119 e. The lowest BCUT2D eigenvalue weighted by molar-refractivity contribution is 0.319. The molecule has 0 amide bonds. The highest BCUT2D eigenvalue weighted by Crippen LogP contribution is 2.12. The van der Waals surface area contributed by atoms with Gasteiger partial charge in [-0.1, -0.05) is 28.1 Å². The van der Waals surface area contributed by atoms with Crippen molar-refractivity contribution in [2.24, 2.45) is 5.73 Å². The molecule has 1 rings (SSSR count). The topological polar surface area (TPSA) is 35.2 Å². The second-order valence-corrected chi connectivity index (χ2v) is 3.54. The zero-order valence-corrected chi connectivity index (χ0v) is 9.09. The van der Waals surface area contributed by atoms with Crippen LogP contribution in [0.3, 0.4) is 0 Å². The number of alkyl halides is 1. The quantitative estimate of drug-likeness (QED) is 0.637. The van der Waals surface area contributed by atoms with Crippen LogP contribution in [0.5, 0.6) is 5.75 Å². The zero-order valence-electron chi connectivity index (χ0n) is 7.50. The molecule has 3 heteroatoms. The third-order valence-electron chi connectivity index (χ3n) is 1.68. The number of halogens is 1. The lowest BCUT2D eigenvalue weighted by Crippen LogP contribution is -2.00. The summed E-state index contributed by atoms with van der Waals surface area (Å²) in [6, 6.07) is 7.89. The molecule has 13 heavy (non-hydrogen) atoms. The van der Waals surface area contributed by atoms with Crippen LogP contribution in [0.2, 0.25) is 0 Å². The Bertz CT molecular complexity index is 252. The van der Waals surface area contributed by atoms with E-state index in [1.54, 1.807) is 0 Å². The Morgan fingerprint density at radius 2 is 2.23 bits per heavy atom. The molecule has 2 N–H and O–H groups in total. The first-order chi connectivity index (χ1) is 6.36. The molecule has 0 saturated heterocycles. The Morgan fingerprint density at radius 1 is 1.38 bits per heavy atom. The lowest BCUT2D eigenvalue weighted by atomic mass is 10.2.